The van der Waals surface area contributed by atoms with Crippen LogP contribution in [0.3, 0.4) is 0 Å². The van der Waals surface area contributed by atoms with Crippen LogP contribution in [0, 0.1) is 5.41 Å². The van der Waals surface area contributed by atoms with Crippen molar-refractivity contribution in [2.45, 2.75) is 26.2 Å². The quantitative estimate of drug-likeness (QED) is 0.632. The molecule has 1 aliphatic heterocycles. The van der Waals surface area contributed by atoms with E-state index in [4.69, 9.17) is 4.74 Å². The third-order valence-electron chi connectivity index (χ3n) is 2.59. The van der Waals surface area contributed by atoms with Crippen LogP contribution in [0.1, 0.15) is 26.2 Å². The maximum Gasteiger partial charge on any atom is 0.0471 e. The Hall–Kier alpha value is 0.440. The van der Waals surface area contributed by atoms with Crippen LogP contribution in [-0.4, -0.2) is 18.5 Å². The molecule has 1 fully saturated rings. The average Bonchev–Trinajstić information content (AvgIpc) is 2.06. The van der Waals surface area contributed by atoms with Gasteiger partial charge in [-0.1, -0.05) is 22.9 Å². The first-order valence-electron chi connectivity index (χ1n) is 3.97. The Labute approximate surface area is 71.3 Å². The maximum atomic E-state index is 5.31. The Morgan fingerprint density at radius 1 is 1.40 bits per heavy atom. The molecule has 1 nitrogen and oxygen atoms in total. The minimum Gasteiger partial charge on any atom is -0.381 e. The molecule has 0 unspecified atom stereocenters. The molecule has 2 heteroatoms. The molecule has 10 heavy (non-hydrogen) atoms. The van der Waals surface area contributed by atoms with Gasteiger partial charge >= 0.3 is 0 Å². The number of hydrogen-bond donors (Lipinski definition) is 0. The highest BCUT2D eigenvalue weighted by molar-refractivity contribution is 9.09. The minimum absolute atomic E-state index is 0.554. The third kappa shape index (κ3) is 1.73. The molecule has 0 bridgehead atoms. The van der Waals surface area contributed by atoms with Crippen molar-refractivity contribution in [1.29, 1.82) is 0 Å². The van der Waals surface area contributed by atoms with Gasteiger partial charge in [0, 0.05) is 18.5 Å². The van der Waals surface area contributed by atoms with Gasteiger partial charge in [-0.2, -0.15) is 0 Å². The van der Waals surface area contributed by atoms with E-state index in [1.807, 2.05) is 0 Å². The van der Waals surface area contributed by atoms with Gasteiger partial charge in [-0.15, -0.1) is 0 Å². The standard InChI is InChI=1S/C8H15BrO/c1-2-8(7-9)3-5-10-6-4-8/h2-7H2,1H3. The fourth-order valence-corrected chi connectivity index (χ4v) is 2.34. The Balaban J connectivity index is 2.44. The Morgan fingerprint density at radius 3 is 2.30 bits per heavy atom. The minimum atomic E-state index is 0.554. The number of alkyl halides is 1. The highest BCUT2D eigenvalue weighted by Gasteiger charge is 2.28. The van der Waals surface area contributed by atoms with Gasteiger partial charge < -0.3 is 4.74 Å². The van der Waals surface area contributed by atoms with Crippen LogP contribution in [-0.2, 0) is 4.74 Å². The van der Waals surface area contributed by atoms with Gasteiger partial charge in [0.2, 0.25) is 0 Å². The summed E-state index contributed by atoms with van der Waals surface area (Å²) in [6.07, 6.45) is 3.74. The lowest BCUT2D eigenvalue weighted by atomic mass is 9.80. The molecule has 1 saturated heterocycles. The molecule has 0 amide bonds. The summed E-state index contributed by atoms with van der Waals surface area (Å²) in [5.74, 6) is 0. The molecular weight excluding hydrogens is 192 g/mol. The monoisotopic (exact) mass is 206 g/mol. The summed E-state index contributed by atoms with van der Waals surface area (Å²) in [5.41, 5.74) is 0.554. The molecule has 0 aliphatic carbocycles. The van der Waals surface area contributed by atoms with E-state index < -0.39 is 0 Å². The zero-order valence-electron chi connectivity index (χ0n) is 6.53. The molecule has 1 aliphatic rings. The van der Waals surface area contributed by atoms with Gasteiger partial charge in [-0.3, -0.25) is 0 Å². The van der Waals surface area contributed by atoms with E-state index in [0.29, 0.717) is 5.41 Å². The topological polar surface area (TPSA) is 9.23 Å². The van der Waals surface area contributed by atoms with Gasteiger partial charge in [0.25, 0.3) is 0 Å². The van der Waals surface area contributed by atoms with E-state index in [2.05, 4.69) is 22.9 Å². The molecule has 1 heterocycles. The zero-order valence-corrected chi connectivity index (χ0v) is 8.11. The fraction of sp³-hybridized carbons (Fsp3) is 1.00. The number of ether oxygens (including phenoxy) is 1. The van der Waals surface area contributed by atoms with Crippen molar-refractivity contribution in [3.63, 3.8) is 0 Å². The third-order valence-corrected chi connectivity index (χ3v) is 3.78. The van der Waals surface area contributed by atoms with Gasteiger partial charge in [0.15, 0.2) is 0 Å². The molecule has 0 radical (unpaired) electrons. The van der Waals surface area contributed by atoms with Crippen molar-refractivity contribution < 1.29 is 4.74 Å². The van der Waals surface area contributed by atoms with Crippen LogP contribution in [0.5, 0.6) is 0 Å². The summed E-state index contributed by atoms with van der Waals surface area (Å²) >= 11 is 3.57. The predicted octanol–water partition coefficient (Wildman–Crippen LogP) is 2.59. The molecular formula is C8H15BrO. The Bertz CT molecular complexity index is 91.4. The van der Waals surface area contributed by atoms with Crippen LogP contribution in [0.4, 0.5) is 0 Å². The van der Waals surface area contributed by atoms with Gasteiger partial charge in [-0.05, 0) is 24.7 Å². The van der Waals surface area contributed by atoms with Gasteiger partial charge in [0.1, 0.15) is 0 Å². The largest absolute Gasteiger partial charge is 0.381 e. The van der Waals surface area contributed by atoms with E-state index in [1.54, 1.807) is 0 Å². The highest BCUT2D eigenvalue weighted by atomic mass is 79.9. The summed E-state index contributed by atoms with van der Waals surface area (Å²) in [5, 5.41) is 1.14. The van der Waals surface area contributed by atoms with E-state index in [1.165, 1.54) is 19.3 Å². The van der Waals surface area contributed by atoms with Crippen molar-refractivity contribution in [2.24, 2.45) is 5.41 Å². The fourth-order valence-electron chi connectivity index (χ4n) is 1.39. The second kappa shape index (κ2) is 3.72. The smallest absolute Gasteiger partial charge is 0.0471 e. The molecule has 0 N–H and O–H groups in total. The van der Waals surface area contributed by atoms with Crippen LogP contribution in [0.15, 0.2) is 0 Å². The molecule has 0 aromatic carbocycles. The first-order chi connectivity index (χ1) is 4.83. The number of halogens is 1. The molecule has 0 aromatic heterocycles. The SMILES string of the molecule is CCC1(CBr)CCOCC1. The summed E-state index contributed by atoms with van der Waals surface area (Å²) in [6, 6.07) is 0. The first-order valence-corrected chi connectivity index (χ1v) is 5.09. The highest BCUT2D eigenvalue weighted by Crippen LogP contribution is 2.35. The van der Waals surface area contributed by atoms with E-state index in [9.17, 15) is 0 Å². The van der Waals surface area contributed by atoms with Crippen LogP contribution in [0.2, 0.25) is 0 Å². The number of hydrogen-bond acceptors (Lipinski definition) is 1. The van der Waals surface area contributed by atoms with E-state index in [-0.39, 0.29) is 0 Å². The second-order valence-electron chi connectivity index (χ2n) is 3.10. The molecule has 0 atom stereocenters. The Kier molecular flexibility index (Phi) is 3.18. The first kappa shape index (κ1) is 8.54. The van der Waals surface area contributed by atoms with E-state index in [0.717, 1.165) is 18.5 Å². The molecule has 1 rings (SSSR count). The van der Waals surface area contributed by atoms with Gasteiger partial charge in [0.05, 0.1) is 0 Å². The maximum absolute atomic E-state index is 5.31. The Morgan fingerprint density at radius 2 is 2.00 bits per heavy atom. The van der Waals surface area contributed by atoms with Crippen molar-refractivity contribution >= 4 is 15.9 Å². The van der Waals surface area contributed by atoms with Crippen molar-refractivity contribution in [2.75, 3.05) is 18.5 Å². The zero-order chi connectivity index (χ0) is 7.45. The molecule has 0 spiro atoms. The van der Waals surface area contributed by atoms with Gasteiger partial charge in [-0.25, -0.2) is 0 Å². The lowest BCUT2D eigenvalue weighted by Crippen LogP contribution is -2.30. The lowest BCUT2D eigenvalue weighted by molar-refractivity contribution is 0.0251. The van der Waals surface area contributed by atoms with Crippen molar-refractivity contribution in [3.05, 3.63) is 0 Å². The number of rotatable bonds is 2. The summed E-state index contributed by atoms with van der Waals surface area (Å²) < 4.78 is 5.31. The van der Waals surface area contributed by atoms with Crippen LogP contribution < -0.4 is 0 Å². The van der Waals surface area contributed by atoms with Crippen LogP contribution >= 0.6 is 15.9 Å². The molecule has 0 saturated carbocycles. The summed E-state index contributed by atoms with van der Waals surface area (Å²) in [7, 11) is 0. The molecule has 60 valence electrons. The lowest BCUT2D eigenvalue weighted by Gasteiger charge is -2.34. The van der Waals surface area contributed by atoms with E-state index >= 15 is 0 Å². The normalized spacial score (nSPS) is 24.6. The summed E-state index contributed by atoms with van der Waals surface area (Å²) in [6.45, 7) is 4.19. The second-order valence-corrected chi connectivity index (χ2v) is 3.66. The predicted molar refractivity (Wildman–Crippen MR) is 46.6 cm³/mol. The van der Waals surface area contributed by atoms with Crippen molar-refractivity contribution in [1.82, 2.24) is 0 Å². The molecule has 0 aromatic rings. The van der Waals surface area contributed by atoms with Crippen molar-refractivity contribution in [3.8, 4) is 0 Å². The average molecular weight is 207 g/mol. The summed E-state index contributed by atoms with van der Waals surface area (Å²) in [4.78, 5) is 0. The van der Waals surface area contributed by atoms with Crippen LogP contribution in [0.25, 0.3) is 0 Å².